The number of aromatic amines is 1. The molecule has 0 aliphatic rings. The largest absolute Gasteiger partial charge is 0.493 e. The van der Waals surface area contributed by atoms with E-state index in [-0.39, 0.29) is 11.6 Å². The summed E-state index contributed by atoms with van der Waals surface area (Å²) in [4.78, 5) is 19.1. The van der Waals surface area contributed by atoms with Gasteiger partial charge in [0.15, 0.2) is 17.5 Å². The van der Waals surface area contributed by atoms with Crippen molar-refractivity contribution in [2.75, 3.05) is 26.1 Å². The molecule has 0 amide bonds. The molecular weight excluding hydrogens is 334 g/mol. The summed E-state index contributed by atoms with van der Waals surface area (Å²) in [5.74, 6) is 1.48. The van der Waals surface area contributed by atoms with E-state index in [1.165, 1.54) is 0 Å². The van der Waals surface area contributed by atoms with Crippen molar-refractivity contribution in [3.63, 3.8) is 0 Å². The number of para-hydroxylation sites is 2. The van der Waals surface area contributed by atoms with Crippen molar-refractivity contribution in [2.45, 2.75) is 6.54 Å². The highest BCUT2D eigenvalue weighted by Crippen LogP contribution is 2.29. The third kappa shape index (κ3) is 3.64. The first kappa shape index (κ1) is 17.4. The number of anilines is 1. The highest BCUT2D eigenvalue weighted by atomic mass is 16.5. The molecule has 1 heterocycles. The summed E-state index contributed by atoms with van der Waals surface area (Å²) >= 11 is 0. The summed E-state index contributed by atoms with van der Waals surface area (Å²) in [7, 11) is 3.14. The van der Waals surface area contributed by atoms with Gasteiger partial charge >= 0.3 is 5.69 Å². The lowest BCUT2D eigenvalue weighted by Gasteiger charge is -2.11. The van der Waals surface area contributed by atoms with E-state index in [0.29, 0.717) is 24.6 Å². The van der Waals surface area contributed by atoms with Crippen LogP contribution in [-0.2, 0) is 6.54 Å². The molecule has 3 aromatic rings. The van der Waals surface area contributed by atoms with Crippen LogP contribution in [0, 0.1) is 0 Å². The fourth-order valence-corrected chi connectivity index (χ4v) is 2.70. The number of imidazole rings is 1. The maximum Gasteiger partial charge on any atom is 0.326 e. The maximum absolute atomic E-state index is 12.0. The van der Waals surface area contributed by atoms with Gasteiger partial charge in [-0.05, 0) is 24.3 Å². The molecule has 0 aliphatic heterocycles. The smallest absolute Gasteiger partial charge is 0.326 e. The second kappa shape index (κ2) is 7.64. The summed E-state index contributed by atoms with van der Waals surface area (Å²) in [6.45, 7) is 0.797. The Balaban J connectivity index is 1.67. The Labute approximate surface area is 150 Å². The number of guanidine groups is 1. The predicted molar refractivity (Wildman–Crippen MR) is 102 cm³/mol. The van der Waals surface area contributed by atoms with E-state index < -0.39 is 0 Å². The number of methoxy groups -OCH3 is 2. The number of H-pyrrole nitrogens is 1. The molecular formula is C18H21N5O3. The molecule has 3 rings (SSSR count). The van der Waals surface area contributed by atoms with Gasteiger partial charge in [0.25, 0.3) is 0 Å². The second-order valence-electron chi connectivity index (χ2n) is 5.56. The van der Waals surface area contributed by atoms with Gasteiger partial charge in [0, 0.05) is 18.3 Å². The van der Waals surface area contributed by atoms with Crippen LogP contribution in [-0.4, -0.2) is 36.3 Å². The standard InChI is InChI=1S/C18H21N5O3/c1-25-15-8-7-12(11-16(15)26-2)21-17(19)20-9-10-23-14-6-4-3-5-13(14)22-18(23)24/h3-8,11H,9-10H2,1-2H3,(H,22,24)(H3,19,20,21). The van der Waals surface area contributed by atoms with Crippen molar-refractivity contribution in [3.05, 3.63) is 52.9 Å². The molecule has 0 bridgehead atoms. The number of nitrogens with zero attached hydrogens (tertiary/aromatic N) is 2. The Kier molecular flexibility index (Phi) is 5.12. The number of hydrogen-bond donors (Lipinski definition) is 3. The number of rotatable bonds is 6. The van der Waals surface area contributed by atoms with Crippen LogP contribution in [0.15, 0.2) is 52.3 Å². The average molecular weight is 355 g/mol. The van der Waals surface area contributed by atoms with E-state index in [0.717, 1.165) is 16.7 Å². The molecule has 0 unspecified atom stereocenters. The van der Waals surface area contributed by atoms with Crippen LogP contribution < -0.4 is 26.2 Å². The fraction of sp³-hybridized carbons (Fsp3) is 0.222. The Bertz CT molecular complexity index is 990. The highest BCUT2D eigenvalue weighted by Gasteiger charge is 2.06. The number of ether oxygens (including phenoxy) is 2. The summed E-state index contributed by atoms with van der Waals surface area (Å²) in [6, 6.07) is 12.9. The number of nitrogens with one attached hydrogen (secondary N) is 2. The van der Waals surface area contributed by atoms with Gasteiger partial charge in [-0.3, -0.25) is 9.56 Å². The summed E-state index contributed by atoms with van der Waals surface area (Å²) in [5, 5.41) is 3.00. The van der Waals surface area contributed by atoms with Crippen molar-refractivity contribution in [2.24, 2.45) is 10.7 Å². The SMILES string of the molecule is COc1ccc(NC(N)=NCCn2c(=O)[nH]c3ccccc32)cc1OC. The third-order valence-electron chi connectivity index (χ3n) is 3.94. The normalized spacial score (nSPS) is 11.5. The number of hydrogen-bond acceptors (Lipinski definition) is 4. The molecule has 1 aromatic heterocycles. The zero-order valence-corrected chi connectivity index (χ0v) is 14.7. The first-order chi connectivity index (χ1) is 12.6. The molecule has 0 saturated heterocycles. The van der Waals surface area contributed by atoms with Gasteiger partial charge in [-0.25, -0.2) is 4.79 Å². The van der Waals surface area contributed by atoms with Gasteiger partial charge in [0.1, 0.15) is 0 Å². The van der Waals surface area contributed by atoms with Gasteiger partial charge in [0.05, 0.1) is 31.8 Å². The molecule has 4 N–H and O–H groups in total. The molecule has 8 heteroatoms. The van der Waals surface area contributed by atoms with E-state index in [2.05, 4.69) is 15.3 Å². The van der Waals surface area contributed by atoms with E-state index in [4.69, 9.17) is 15.2 Å². The second-order valence-corrected chi connectivity index (χ2v) is 5.56. The molecule has 0 aliphatic carbocycles. The minimum atomic E-state index is -0.159. The Morgan fingerprint density at radius 3 is 2.73 bits per heavy atom. The Morgan fingerprint density at radius 1 is 1.19 bits per heavy atom. The van der Waals surface area contributed by atoms with Gasteiger partial charge in [0.2, 0.25) is 0 Å². The quantitative estimate of drug-likeness (QED) is 0.461. The Morgan fingerprint density at radius 2 is 1.96 bits per heavy atom. The summed E-state index contributed by atoms with van der Waals surface area (Å²) in [5.41, 5.74) is 8.15. The van der Waals surface area contributed by atoms with Crippen LogP contribution in [0.5, 0.6) is 11.5 Å². The van der Waals surface area contributed by atoms with Crippen molar-refractivity contribution < 1.29 is 9.47 Å². The van der Waals surface area contributed by atoms with Crippen molar-refractivity contribution >= 4 is 22.7 Å². The number of aromatic nitrogens is 2. The highest BCUT2D eigenvalue weighted by molar-refractivity contribution is 5.92. The van der Waals surface area contributed by atoms with Gasteiger partial charge in [-0.2, -0.15) is 0 Å². The van der Waals surface area contributed by atoms with Crippen LogP contribution in [0.4, 0.5) is 5.69 Å². The van der Waals surface area contributed by atoms with E-state index in [1.54, 1.807) is 30.9 Å². The zero-order valence-electron chi connectivity index (χ0n) is 14.7. The lowest BCUT2D eigenvalue weighted by molar-refractivity contribution is 0.355. The number of benzene rings is 2. The number of fused-ring (bicyclic) bond motifs is 1. The molecule has 0 radical (unpaired) electrons. The van der Waals surface area contributed by atoms with Crippen molar-refractivity contribution in [3.8, 4) is 11.5 Å². The Hall–Kier alpha value is -3.42. The molecule has 26 heavy (non-hydrogen) atoms. The number of aliphatic imine (C=N–C) groups is 1. The molecule has 0 atom stereocenters. The van der Waals surface area contributed by atoms with E-state index in [1.807, 2.05) is 30.3 Å². The lowest BCUT2D eigenvalue weighted by Crippen LogP contribution is -2.24. The van der Waals surface area contributed by atoms with Crippen LogP contribution in [0.3, 0.4) is 0 Å². The molecule has 136 valence electrons. The van der Waals surface area contributed by atoms with Gasteiger partial charge in [-0.1, -0.05) is 12.1 Å². The predicted octanol–water partition coefficient (Wildman–Crippen LogP) is 1.77. The topological polar surface area (TPSA) is 107 Å². The van der Waals surface area contributed by atoms with Crippen molar-refractivity contribution in [1.82, 2.24) is 9.55 Å². The molecule has 2 aromatic carbocycles. The minimum absolute atomic E-state index is 0.159. The molecule has 0 fully saturated rings. The van der Waals surface area contributed by atoms with Crippen molar-refractivity contribution in [1.29, 1.82) is 0 Å². The van der Waals surface area contributed by atoms with E-state index >= 15 is 0 Å². The maximum atomic E-state index is 12.0. The van der Waals surface area contributed by atoms with Crippen LogP contribution >= 0.6 is 0 Å². The molecule has 0 spiro atoms. The zero-order chi connectivity index (χ0) is 18.5. The average Bonchev–Trinajstić information content (AvgIpc) is 2.97. The van der Waals surface area contributed by atoms with Crippen LogP contribution in [0.2, 0.25) is 0 Å². The summed E-state index contributed by atoms with van der Waals surface area (Å²) in [6.07, 6.45) is 0. The van der Waals surface area contributed by atoms with E-state index in [9.17, 15) is 4.79 Å². The summed E-state index contributed by atoms with van der Waals surface area (Å²) < 4.78 is 12.1. The minimum Gasteiger partial charge on any atom is -0.493 e. The van der Waals surface area contributed by atoms with Crippen LogP contribution in [0.25, 0.3) is 11.0 Å². The monoisotopic (exact) mass is 355 g/mol. The third-order valence-corrected chi connectivity index (χ3v) is 3.94. The first-order valence-electron chi connectivity index (χ1n) is 8.09. The number of nitrogens with two attached hydrogens (primary N) is 1. The van der Waals surface area contributed by atoms with Gasteiger partial charge in [-0.15, -0.1) is 0 Å². The fourth-order valence-electron chi connectivity index (χ4n) is 2.70. The van der Waals surface area contributed by atoms with Crippen LogP contribution in [0.1, 0.15) is 0 Å². The van der Waals surface area contributed by atoms with Gasteiger partial charge < -0.3 is 25.5 Å². The first-order valence-corrected chi connectivity index (χ1v) is 8.09. The molecule has 0 saturated carbocycles. The lowest BCUT2D eigenvalue weighted by atomic mass is 10.3. The molecule has 8 nitrogen and oxygen atoms in total.